The molecule has 0 unspecified atom stereocenters. The van der Waals surface area contributed by atoms with Gasteiger partial charge in [-0.25, -0.2) is 0 Å². The summed E-state index contributed by atoms with van der Waals surface area (Å²) in [6, 6.07) is 17.1. The van der Waals surface area contributed by atoms with Crippen LogP contribution in [-0.2, 0) is 5.75 Å². The molecular weight excluding hydrogens is 284 g/mol. The van der Waals surface area contributed by atoms with Gasteiger partial charge in [-0.1, -0.05) is 52.7 Å². The summed E-state index contributed by atoms with van der Waals surface area (Å²) in [5.41, 5.74) is 1.91. The normalized spacial score (nSPS) is 10.3. The molecule has 0 aliphatic carbocycles. The second-order valence-electron chi connectivity index (χ2n) is 3.63. The van der Waals surface area contributed by atoms with E-state index in [1.54, 1.807) is 35.1 Å². The molecule has 0 atom stereocenters. The molecule has 0 amide bonds. The van der Waals surface area contributed by atoms with Gasteiger partial charge in [-0.2, -0.15) is 0 Å². The predicted octanol–water partition coefficient (Wildman–Crippen LogP) is 5.06. The van der Waals surface area contributed by atoms with E-state index in [-0.39, 0.29) is 5.12 Å². The standard InChI is InChI=1S/C14H11ClOS2/c15-13-8-6-12(7-9-13)14(16)18-17-10-11-4-2-1-3-5-11/h1-9H,10H2. The Morgan fingerprint density at radius 2 is 1.67 bits per heavy atom. The molecule has 0 fully saturated rings. The second-order valence-corrected chi connectivity index (χ2v) is 6.33. The minimum Gasteiger partial charge on any atom is -0.281 e. The molecule has 0 radical (unpaired) electrons. The summed E-state index contributed by atoms with van der Waals surface area (Å²) in [7, 11) is 2.81. The van der Waals surface area contributed by atoms with Gasteiger partial charge in [-0.3, -0.25) is 4.79 Å². The fourth-order valence-corrected chi connectivity index (χ4v) is 3.41. The molecular formula is C14H11ClOS2. The van der Waals surface area contributed by atoms with Crippen LogP contribution in [0.2, 0.25) is 5.02 Å². The first-order valence-electron chi connectivity index (χ1n) is 5.39. The summed E-state index contributed by atoms with van der Waals surface area (Å²) in [6.45, 7) is 0. The van der Waals surface area contributed by atoms with Crippen molar-refractivity contribution in [3.8, 4) is 0 Å². The van der Waals surface area contributed by atoms with Crippen molar-refractivity contribution in [1.29, 1.82) is 0 Å². The molecule has 2 aromatic rings. The van der Waals surface area contributed by atoms with E-state index < -0.39 is 0 Å². The van der Waals surface area contributed by atoms with E-state index in [4.69, 9.17) is 11.6 Å². The van der Waals surface area contributed by atoms with Gasteiger partial charge in [-0.15, -0.1) is 0 Å². The number of hydrogen-bond donors (Lipinski definition) is 0. The summed E-state index contributed by atoms with van der Waals surface area (Å²) in [6.07, 6.45) is 0. The molecule has 2 rings (SSSR count). The molecule has 0 aliphatic rings. The molecule has 18 heavy (non-hydrogen) atoms. The number of benzene rings is 2. The van der Waals surface area contributed by atoms with E-state index in [2.05, 4.69) is 12.1 Å². The van der Waals surface area contributed by atoms with Crippen LogP contribution in [0.25, 0.3) is 0 Å². The van der Waals surface area contributed by atoms with Gasteiger partial charge in [-0.05, 0) is 40.6 Å². The number of carbonyl (C=O) groups is 1. The third kappa shape index (κ3) is 4.09. The van der Waals surface area contributed by atoms with Gasteiger partial charge < -0.3 is 0 Å². The quantitative estimate of drug-likeness (QED) is 0.734. The number of rotatable bonds is 4. The average molecular weight is 295 g/mol. The summed E-state index contributed by atoms with van der Waals surface area (Å²) in [5.74, 6) is 0.824. The highest BCUT2D eigenvalue weighted by atomic mass is 35.5. The van der Waals surface area contributed by atoms with Crippen molar-refractivity contribution in [2.45, 2.75) is 5.75 Å². The Labute approximate surface area is 119 Å². The average Bonchev–Trinajstić information content (AvgIpc) is 2.40. The Morgan fingerprint density at radius 1 is 1.00 bits per heavy atom. The Hall–Kier alpha value is -0.900. The minimum atomic E-state index is 0.0626. The third-order valence-electron chi connectivity index (χ3n) is 2.28. The first-order valence-corrected chi connectivity index (χ1v) is 8.09. The Morgan fingerprint density at radius 3 is 2.33 bits per heavy atom. The summed E-state index contributed by atoms with van der Waals surface area (Å²) < 4.78 is 0. The van der Waals surface area contributed by atoms with E-state index in [0.717, 1.165) is 5.75 Å². The first-order chi connectivity index (χ1) is 8.75. The zero-order valence-electron chi connectivity index (χ0n) is 9.51. The lowest BCUT2D eigenvalue weighted by Crippen LogP contribution is -1.90. The molecule has 0 saturated heterocycles. The van der Waals surface area contributed by atoms with Crippen molar-refractivity contribution >= 4 is 38.3 Å². The third-order valence-corrected chi connectivity index (χ3v) is 4.65. The van der Waals surface area contributed by atoms with Crippen LogP contribution in [-0.4, -0.2) is 5.12 Å². The Bertz CT molecular complexity index is 511. The highest BCUT2D eigenvalue weighted by Crippen LogP contribution is 2.29. The molecule has 92 valence electrons. The van der Waals surface area contributed by atoms with Crippen molar-refractivity contribution in [2.75, 3.05) is 0 Å². The van der Waals surface area contributed by atoms with Crippen LogP contribution >= 0.6 is 33.2 Å². The van der Waals surface area contributed by atoms with Crippen LogP contribution in [0.4, 0.5) is 0 Å². The fraction of sp³-hybridized carbons (Fsp3) is 0.0714. The Balaban J connectivity index is 1.84. The molecule has 0 spiro atoms. The molecule has 0 saturated carbocycles. The topological polar surface area (TPSA) is 17.1 Å². The summed E-state index contributed by atoms with van der Waals surface area (Å²) in [4.78, 5) is 11.8. The molecule has 0 bridgehead atoms. The van der Waals surface area contributed by atoms with Crippen molar-refractivity contribution in [2.24, 2.45) is 0 Å². The molecule has 0 aliphatic heterocycles. The first kappa shape index (κ1) is 13.5. The Kier molecular flexibility index (Phi) is 5.17. The van der Waals surface area contributed by atoms with Crippen molar-refractivity contribution in [3.05, 3.63) is 70.7 Å². The largest absolute Gasteiger partial charge is 0.281 e. The van der Waals surface area contributed by atoms with Crippen LogP contribution < -0.4 is 0 Å². The predicted molar refractivity (Wildman–Crippen MR) is 81.1 cm³/mol. The van der Waals surface area contributed by atoms with Gasteiger partial charge in [0.2, 0.25) is 5.12 Å². The second kappa shape index (κ2) is 6.88. The van der Waals surface area contributed by atoms with E-state index in [1.165, 1.54) is 16.4 Å². The van der Waals surface area contributed by atoms with Gasteiger partial charge in [0.15, 0.2) is 0 Å². The molecule has 2 aromatic carbocycles. The smallest absolute Gasteiger partial charge is 0.229 e. The van der Waals surface area contributed by atoms with Gasteiger partial charge in [0, 0.05) is 16.3 Å². The van der Waals surface area contributed by atoms with Crippen LogP contribution in [0.3, 0.4) is 0 Å². The zero-order chi connectivity index (χ0) is 12.8. The molecule has 1 nitrogen and oxygen atoms in total. The van der Waals surface area contributed by atoms with Crippen molar-refractivity contribution in [3.63, 3.8) is 0 Å². The maximum atomic E-state index is 11.8. The van der Waals surface area contributed by atoms with Crippen molar-refractivity contribution < 1.29 is 4.79 Å². The van der Waals surface area contributed by atoms with Gasteiger partial charge in [0.05, 0.1) is 0 Å². The molecule has 0 aromatic heterocycles. The number of halogens is 1. The molecule has 0 N–H and O–H groups in total. The van der Waals surface area contributed by atoms with Crippen molar-refractivity contribution in [1.82, 2.24) is 0 Å². The van der Waals surface area contributed by atoms with E-state index in [1.807, 2.05) is 18.2 Å². The number of carbonyl (C=O) groups excluding carboxylic acids is 1. The van der Waals surface area contributed by atoms with E-state index >= 15 is 0 Å². The molecule has 4 heteroatoms. The lowest BCUT2D eigenvalue weighted by atomic mass is 10.2. The zero-order valence-corrected chi connectivity index (χ0v) is 11.9. The van der Waals surface area contributed by atoms with Gasteiger partial charge in [0.1, 0.15) is 0 Å². The summed E-state index contributed by atoms with van der Waals surface area (Å²) >= 11 is 5.78. The van der Waals surface area contributed by atoms with Gasteiger partial charge in [0.25, 0.3) is 0 Å². The lowest BCUT2D eigenvalue weighted by molar-refractivity contribution is 0.109. The fourth-order valence-electron chi connectivity index (χ4n) is 1.36. The van der Waals surface area contributed by atoms with E-state index in [0.29, 0.717) is 10.6 Å². The highest BCUT2D eigenvalue weighted by Gasteiger charge is 2.06. The van der Waals surface area contributed by atoms with Crippen LogP contribution in [0.15, 0.2) is 54.6 Å². The van der Waals surface area contributed by atoms with Crippen LogP contribution in [0, 0.1) is 0 Å². The maximum absolute atomic E-state index is 11.8. The van der Waals surface area contributed by atoms with Gasteiger partial charge >= 0.3 is 0 Å². The van der Waals surface area contributed by atoms with Crippen LogP contribution in [0.5, 0.6) is 0 Å². The summed E-state index contributed by atoms with van der Waals surface area (Å²) in [5, 5.41) is 0.709. The monoisotopic (exact) mass is 294 g/mol. The highest BCUT2D eigenvalue weighted by molar-refractivity contribution is 8.82. The van der Waals surface area contributed by atoms with E-state index in [9.17, 15) is 4.79 Å². The lowest BCUT2D eigenvalue weighted by Gasteiger charge is -2.01. The SMILES string of the molecule is O=C(SSCc1ccccc1)c1ccc(Cl)cc1. The maximum Gasteiger partial charge on any atom is 0.229 e. The van der Waals surface area contributed by atoms with Crippen LogP contribution in [0.1, 0.15) is 15.9 Å². The molecule has 0 heterocycles. The number of hydrogen-bond acceptors (Lipinski definition) is 3. The minimum absolute atomic E-state index is 0.0626.